The molecule has 0 spiro atoms. The van der Waals surface area contributed by atoms with Crippen molar-refractivity contribution >= 4 is 24.3 Å². The fraction of sp³-hybridized carbons (Fsp3) is 0.353. The smallest absolute Gasteiger partial charge is 0.392 e. The van der Waals surface area contributed by atoms with Gasteiger partial charge in [-0.05, 0) is 18.9 Å². The summed E-state index contributed by atoms with van der Waals surface area (Å²) in [6.45, 7) is 1.74. The van der Waals surface area contributed by atoms with Crippen LogP contribution in [0.5, 0.6) is 5.88 Å². The zero-order valence-corrected chi connectivity index (χ0v) is 16.3. The standard InChI is InChI=1S/C12H7F4N5O.C5H11NOS/c13-6-4-8(21-9(6)5-18-11(17)20-21)7-2-1-3-10(19-7)22-12(14,15)16;7-5-2-1-3-6(8)4-5/h1-5H,(H2,17,20);5,7-8H,1-4H2. The Hall–Kier alpha value is -2.64. The normalized spacial score (nSPS) is 17.5. The van der Waals surface area contributed by atoms with Crippen LogP contribution in [0.3, 0.4) is 0 Å². The van der Waals surface area contributed by atoms with Crippen LogP contribution in [-0.2, 0) is 0 Å². The second kappa shape index (κ2) is 9.02. The van der Waals surface area contributed by atoms with Crippen molar-refractivity contribution in [2.45, 2.75) is 25.3 Å². The average molecular weight is 446 g/mol. The summed E-state index contributed by atoms with van der Waals surface area (Å²) in [5.74, 6) is -1.44. The molecule has 1 saturated heterocycles. The summed E-state index contributed by atoms with van der Waals surface area (Å²) in [6.07, 6.45) is -1.83. The van der Waals surface area contributed by atoms with Gasteiger partial charge < -0.3 is 15.6 Å². The quantitative estimate of drug-likeness (QED) is 0.411. The number of hydrogen-bond acceptors (Lipinski definition) is 8. The highest BCUT2D eigenvalue weighted by Gasteiger charge is 2.32. The Bertz CT molecular complexity index is 1010. The zero-order valence-electron chi connectivity index (χ0n) is 15.4. The van der Waals surface area contributed by atoms with Gasteiger partial charge in [0.15, 0.2) is 5.82 Å². The molecular formula is C17H18F4N6O2S. The van der Waals surface area contributed by atoms with E-state index in [0.717, 1.165) is 48.8 Å². The van der Waals surface area contributed by atoms with Crippen LogP contribution in [0, 0.1) is 5.82 Å². The van der Waals surface area contributed by atoms with Gasteiger partial charge in [-0.2, -0.15) is 0 Å². The molecule has 1 aliphatic rings. The first-order valence-electron chi connectivity index (χ1n) is 8.77. The van der Waals surface area contributed by atoms with Gasteiger partial charge in [-0.1, -0.05) is 18.9 Å². The molecule has 0 saturated carbocycles. The lowest BCUT2D eigenvalue weighted by atomic mass is 10.1. The molecule has 3 aromatic rings. The number of thiol groups is 1. The highest BCUT2D eigenvalue weighted by molar-refractivity contribution is 7.77. The van der Waals surface area contributed by atoms with Crippen molar-refractivity contribution in [3.05, 3.63) is 36.3 Å². The molecule has 1 atom stereocenters. The fourth-order valence-electron chi connectivity index (χ4n) is 2.82. The molecule has 1 unspecified atom stereocenters. The van der Waals surface area contributed by atoms with Crippen LogP contribution < -0.4 is 10.5 Å². The predicted molar refractivity (Wildman–Crippen MR) is 103 cm³/mol. The van der Waals surface area contributed by atoms with Crippen molar-refractivity contribution in [2.75, 3.05) is 18.8 Å². The lowest BCUT2D eigenvalue weighted by Gasteiger charge is -2.24. The minimum absolute atomic E-state index is 0.0214. The van der Waals surface area contributed by atoms with Crippen molar-refractivity contribution in [1.29, 1.82) is 0 Å². The van der Waals surface area contributed by atoms with Crippen molar-refractivity contribution in [3.8, 4) is 17.3 Å². The first-order chi connectivity index (χ1) is 14.1. The van der Waals surface area contributed by atoms with E-state index in [-0.39, 0.29) is 29.0 Å². The van der Waals surface area contributed by atoms with Gasteiger partial charge in [-0.25, -0.2) is 18.9 Å². The van der Waals surface area contributed by atoms with Crippen LogP contribution >= 0.6 is 12.8 Å². The third kappa shape index (κ3) is 5.70. The number of ether oxygens (including phenoxy) is 1. The van der Waals surface area contributed by atoms with E-state index >= 15 is 0 Å². The first-order valence-corrected chi connectivity index (χ1v) is 9.17. The number of pyridine rings is 1. The van der Waals surface area contributed by atoms with Crippen molar-refractivity contribution in [1.82, 2.24) is 23.9 Å². The van der Waals surface area contributed by atoms with Crippen LogP contribution in [0.2, 0.25) is 0 Å². The molecule has 8 nitrogen and oxygen atoms in total. The molecule has 0 aliphatic carbocycles. The lowest BCUT2D eigenvalue weighted by Crippen LogP contribution is -2.31. The van der Waals surface area contributed by atoms with E-state index in [2.05, 4.69) is 32.6 Å². The molecule has 0 bridgehead atoms. The molecule has 1 aliphatic heterocycles. The predicted octanol–water partition coefficient (Wildman–Crippen LogP) is 2.70. The minimum Gasteiger partial charge on any atom is -0.392 e. The van der Waals surface area contributed by atoms with Gasteiger partial charge in [0.1, 0.15) is 5.52 Å². The zero-order chi connectivity index (χ0) is 21.9. The number of aromatic nitrogens is 4. The second-order valence-corrected chi connectivity index (χ2v) is 6.97. The summed E-state index contributed by atoms with van der Waals surface area (Å²) >= 11 is 4.09. The van der Waals surface area contributed by atoms with E-state index in [9.17, 15) is 17.6 Å². The molecule has 0 radical (unpaired) electrons. The minimum atomic E-state index is -4.87. The van der Waals surface area contributed by atoms with Gasteiger partial charge in [0.05, 0.1) is 23.7 Å². The molecule has 3 aromatic heterocycles. The Labute approximate surface area is 173 Å². The third-order valence-electron chi connectivity index (χ3n) is 4.07. The van der Waals surface area contributed by atoms with Crippen LogP contribution in [0.1, 0.15) is 12.8 Å². The number of piperidine rings is 1. The fourth-order valence-corrected chi connectivity index (χ4v) is 3.15. The Morgan fingerprint density at radius 3 is 2.70 bits per heavy atom. The monoisotopic (exact) mass is 446 g/mol. The van der Waals surface area contributed by atoms with E-state index in [4.69, 9.17) is 10.8 Å². The highest BCUT2D eigenvalue weighted by Crippen LogP contribution is 2.27. The first kappa shape index (κ1) is 22.1. The average Bonchev–Trinajstić information content (AvgIpc) is 2.97. The van der Waals surface area contributed by atoms with Gasteiger partial charge >= 0.3 is 6.36 Å². The Kier molecular flexibility index (Phi) is 6.63. The maximum Gasteiger partial charge on any atom is 0.574 e. The highest BCUT2D eigenvalue weighted by atomic mass is 32.1. The van der Waals surface area contributed by atoms with Gasteiger partial charge in [0.25, 0.3) is 0 Å². The lowest BCUT2D eigenvalue weighted by molar-refractivity contribution is -0.276. The number of halogens is 4. The third-order valence-corrected chi connectivity index (χ3v) is 4.43. The van der Waals surface area contributed by atoms with Crippen LogP contribution in [0.4, 0.5) is 23.5 Å². The van der Waals surface area contributed by atoms with Crippen molar-refractivity contribution in [2.24, 2.45) is 0 Å². The Morgan fingerprint density at radius 1 is 1.30 bits per heavy atom. The van der Waals surface area contributed by atoms with Crippen LogP contribution in [0.15, 0.2) is 30.5 Å². The molecular weight excluding hydrogens is 428 g/mol. The number of nitrogens with two attached hydrogens (primary N) is 1. The maximum atomic E-state index is 13.8. The number of aliphatic hydroxyl groups excluding tert-OH is 1. The van der Waals surface area contributed by atoms with Gasteiger partial charge in [0, 0.05) is 25.2 Å². The van der Waals surface area contributed by atoms with Crippen LogP contribution in [0.25, 0.3) is 16.9 Å². The summed E-state index contributed by atoms with van der Waals surface area (Å²) in [6, 6.07) is 4.80. The largest absolute Gasteiger partial charge is 0.574 e. The van der Waals surface area contributed by atoms with Gasteiger partial charge in [-0.3, -0.25) is 4.31 Å². The summed E-state index contributed by atoms with van der Waals surface area (Å²) in [4.78, 5) is 7.34. The molecule has 4 rings (SSSR count). The van der Waals surface area contributed by atoms with Crippen LogP contribution in [-0.4, -0.2) is 54.5 Å². The van der Waals surface area contributed by atoms with Gasteiger partial charge in [-0.15, -0.1) is 18.3 Å². The molecule has 0 amide bonds. The number of fused-ring (bicyclic) bond motifs is 1. The topological polar surface area (TPSA) is 102 Å². The molecule has 0 aromatic carbocycles. The Balaban J connectivity index is 0.000000269. The number of hydrogen-bond donors (Lipinski definition) is 3. The SMILES string of the molecule is Nc1ncc2c(F)cc(-c3cccc(OC(F)(F)F)n3)n2n1.OC1CCCN(S)C1. The number of aliphatic hydroxyl groups is 1. The summed E-state index contributed by atoms with van der Waals surface area (Å²) in [5.41, 5.74) is 5.62. The van der Waals surface area contributed by atoms with E-state index in [1.165, 1.54) is 12.1 Å². The second-order valence-electron chi connectivity index (χ2n) is 6.41. The van der Waals surface area contributed by atoms with E-state index in [1.807, 2.05) is 4.31 Å². The van der Waals surface area contributed by atoms with Gasteiger partial charge in [0.2, 0.25) is 11.8 Å². The van der Waals surface area contributed by atoms with E-state index in [0.29, 0.717) is 0 Å². The number of alkyl halides is 3. The molecule has 13 heteroatoms. The molecule has 3 N–H and O–H groups in total. The maximum absolute atomic E-state index is 13.8. The van der Waals surface area contributed by atoms with Crippen molar-refractivity contribution < 1.29 is 27.4 Å². The van der Waals surface area contributed by atoms with E-state index in [1.54, 1.807) is 0 Å². The summed E-state index contributed by atoms with van der Waals surface area (Å²) in [7, 11) is 0. The number of rotatable bonds is 2. The molecule has 30 heavy (non-hydrogen) atoms. The Morgan fingerprint density at radius 2 is 2.07 bits per heavy atom. The number of nitrogens with zero attached hydrogens (tertiary/aromatic N) is 5. The number of nitrogen functional groups attached to an aromatic ring is 1. The molecule has 1 fully saturated rings. The summed E-state index contributed by atoms with van der Waals surface area (Å²) in [5, 5.41) is 12.8. The number of anilines is 1. The number of β-amino-alcohol motifs (C(OH)–C–C–N with tert-alkyl or cyclic N) is 1. The molecule has 4 heterocycles. The van der Waals surface area contributed by atoms with E-state index < -0.39 is 18.1 Å². The molecule has 162 valence electrons. The van der Waals surface area contributed by atoms with Crippen molar-refractivity contribution in [3.63, 3.8) is 0 Å². The summed E-state index contributed by atoms with van der Waals surface area (Å²) < 4.78 is 57.2.